The van der Waals surface area contributed by atoms with Crippen molar-refractivity contribution < 1.29 is 13.9 Å². The minimum Gasteiger partial charge on any atom is -0.457 e. The summed E-state index contributed by atoms with van der Waals surface area (Å²) in [6.07, 6.45) is 0. The first-order valence-electron chi connectivity index (χ1n) is 8.03. The number of nitrogens with zero attached hydrogens (tertiary/aromatic N) is 2. The van der Waals surface area contributed by atoms with Crippen LogP contribution in [0.4, 0.5) is 4.39 Å². The number of halogens is 2. The van der Waals surface area contributed by atoms with Gasteiger partial charge >= 0.3 is 5.97 Å². The van der Waals surface area contributed by atoms with E-state index < -0.39 is 11.8 Å². The predicted octanol–water partition coefficient (Wildman–Crippen LogP) is 3.87. The van der Waals surface area contributed by atoms with Crippen molar-refractivity contribution in [3.8, 4) is 0 Å². The SMILES string of the molecule is CCn1c(=O)c(C)nc2cc(C(=O)OCc3c(F)cccc3Cl)ccc21. The Balaban J connectivity index is 1.89. The van der Waals surface area contributed by atoms with Crippen molar-refractivity contribution in [2.24, 2.45) is 0 Å². The molecule has 0 saturated heterocycles. The van der Waals surface area contributed by atoms with Crippen LogP contribution in [0.1, 0.15) is 28.5 Å². The molecule has 1 aromatic heterocycles. The van der Waals surface area contributed by atoms with Crippen LogP contribution in [0.5, 0.6) is 0 Å². The van der Waals surface area contributed by atoms with Gasteiger partial charge in [0.15, 0.2) is 0 Å². The van der Waals surface area contributed by atoms with E-state index in [1.54, 1.807) is 29.7 Å². The van der Waals surface area contributed by atoms with E-state index in [2.05, 4.69) is 4.98 Å². The van der Waals surface area contributed by atoms with Crippen molar-refractivity contribution >= 4 is 28.6 Å². The fourth-order valence-electron chi connectivity index (χ4n) is 2.71. The second-order valence-corrected chi connectivity index (χ2v) is 6.13. The van der Waals surface area contributed by atoms with E-state index in [1.165, 1.54) is 18.2 Å². The highest BCUT2D eigenvalue weighted by molar-refractivity contribution is 6.31. The molecule has 0 unspecified atom stereocenters. The maximum atomic E-state index is 13.8. The van der Waals surface area contributed by atoms with Gasteiger partial charge in [-0.1, -0.05) is 17.7 Å². The van der Waals surface area contributed by atoms with Crippen LogP contribution in [0.25, 0.3) is 11.0 Å². The number of carbonyl (C=O) groups excluding carboxylic acids is 1. The molecule has 26 heavy (non-hydrogen) atoms. The van der Waals surface area contributed by atoms with Crippen LogP contribution in [0, 0.1) is 12.7 Å². The third kappa shape index (κ3) is 3.32. The van der Waals surface area contributed by atoms with E-state index in [4.69, 9.17) is 16.3 Å². The van der Waals surface area contributed by atoms with Crippen molar-refractivity contribution in [3.63, 3.8) is 0 Å². The lowest BCUT2D eigenvalue weighted by molar-refractivity contribution is 0.0469. The van der Waals surface area contributed by atoms with E-state index in [9.17, 15) is 14.0 Å². The van der Waals surface area contributed by atoms with Crippen LogP contribution in [0.15, 0.2) is 41.2 Å². The second kappa shape index (κ2) is 7.25. The maximum absolute atomic E-state index is 13.8. The molecule has 2 aromatic carbocycles. The number of aromatic nitrogens is 2. The molecule has 0 saturated carbocycles. The fraction of sp³-hybridized carbons (Fsp3) is 0.211. The fourth-order valence-corrected chi connectivity index (χ4v) is 2.92. The first kappa shape index (κ1) is 18.1. The van der Waals surface area contributed by atoms with Crippen LogP contribution in [0.3, 0.4) is 0 Å². The number of aryl methyl sites for hydroxylation is 2. The number of rotatable bonds is 4. The summed E-state index contributed by atoms with van der Waals surface area (Å²) < 4.78 is 20.5. The monoisotopic (exact) mass is 374 g/mol. The molecule has 134 valence electrons. The molecule has 0 spiro atoms. The molecule has 0 fully saturated rings. The van der Waals surface area contributed by atoms with Gasteiger partial charge in [-0.25, -0.2) is 14.2 Å². The zero-order valence-corrected chi connectivity index (χ0v) is 15.0. The molecule has 3 aromatic rings. The Morgan fingerprint density at radius 3 is 2.77 bits per heavy atom. The normalized spacial score (nSPS) is 10.9. The highest BCUT2D eigenvalue weighted by Crippen LogP contribution is 2.21. The molecule has 0 radical (unpaired) electrons. The third-order valence-corrected chi connectivity index (χ3v) is 4.42. The molecule has 1 heterocycles. The predicted molar refractivity (Wildman–Crippen MR) is 96.9 cm³/mol. The molecular formula is C19H16ClFN2O3. The number of carbonyl (C=O) groups is 1. The van der Waals surface area contributed by atoms with Gasteiger partial charge in [0.05, 0.1) is 21.6 Å². The van der Waals surface area contributed by atoms with E-state index >= 15 is 0 Å². The van der Waals surface area contributed by atoms with Gasteiger partial charge in [-0.3, -0.25) is 4.79 Å². The zero-order valence-electron chi connectivity index (χ0n) is 14.3. The van der Waals surface area contributed by atoms with Crippen molar-refractivity contribution in [2.45, 2.75) is 27.0 Å². The topological polar surface area (TPSA) is 61.2 Å². The Bertz CT molecular complexity index is 1040. The minimum absolute atomic E-state index is 0.122. The molecule has 3 rings (SSSR count). The highest BCUT2D eigenvalue weighted by Gasteiger charge is 2.14. The maximum Gasteiger partial charge on any atom is 0.338 e. The number of hydrogen-bond donors (Lipinski definition) is 0. The summed E-state index contributed by atoms with van der Waals surface area (Å²) in [5, 5.41) is 0.195. The number of fused-ring (bicyclic) bond motifs is 1. The molecule has 0 N–H and O–H groups in total. The summed E-state index contributed by atoms with van der Waals surface area (Å²) in [5.74, 6) is -1.16. The Morgan fingerprint density at radius 2 is 2.08 bits per heavy atom. The molecule has 0 atom stereocenters. The van der Waals surface area contributed by atoms with Gasteiger partial charge in [-0.2, -0.15) is 0 Å². The van der Waals surface area contributed by atoms with Crippen molar-refractivity contribution in [1.29, 1.82) is 0 Å². The van der Waals surface area contributed by atoms with Gasteiger partial charge in [-0.05, 0) is 44.2 Å². The van der Waals surface area contributed by atoms with E-state index in [1.807, 2.05) is 6.92 Å². The summed E-state index contributed by atoms with van der Waals surface area (Å²) in [4.78, 5) is 28.7. The molecule has 0 aliphatic rings. The van der Waals surface area contributed by atoms with E-state index in [0.29, 0.717) is 23.3 Å². The van der Waals surface area contributed by atoms with Crippen LogP contribution in [-0.2, 0) is 17.9 Å². The lowest BCUT2D eigenvalue weighted by atomic mass is 10.2. The van der Waals surface area contributed by atoms with Crippen molar-refractivity contribution in [2.75, 3.05) is 0 Å². The number of hydrogen-bond acceptors (Lipinski definition) is 4. The van der Waals surface area contributed by atoms with Crippen molar-refractivity contribution in [3.05, 3.63) is 74.4 Å². The van der Waals surface area contributed by atoms with Crippen molar-refractivity contribution in [1.82, 2.24) is 9.55 Å². The van der Waals surface area contributed by atoms with Gasteiger partial charge in [-0.15, -0.1) is 0 Å². The van der Waals surface area contributed by atoms with E-state index in [-0.39, 0.29) is 28.3 Å². The van der Waals surface area contributed by atoms with Gasteiger partial charge in [0.2, 0.25) is 0 Å². The summed E-state index contributed by atoms with van der Waals surface area (Å²) in [7, 11) is 0. The number of esters is 1. The summed E-state index contributed by atoms with van der Waals surface area (Å²) in [5.41, 5.74) is 1.72. The minimum atomic E-state index is -0.625. The number of benzene rings is 2. The Kier molecular flexibility index (Phi) is 5.04. The zero-order chi connectivity index (χ0) is 18.8. The average Bonchev–Trinajstić information content (AvgIpc) is 2.62. The molecular weight excluding hydrogens is 359 g/mol. The summed E-state index contributed by atoms with van der Waals surface area (Å²) in [6, 6.07) is 9.02. The highest BCUT2D eigenvalue weighted by atomic mass is 35.5. The van der Waals surface area contributed by atoms with Crippen LogP contribution in [0.2, 0.25) is 5.02 Å². The summed E-state index contributed by atoms with van der Waals surface area (Å²) in [6.45, 7) is 3.71. The summed E-state index contributed by atoms with van der Waals surface area (Å²) >= 11 is 5.93. The Labute approximate surface area is 154 Å². The standard InChI is InChI=1S/C19H16ClFN2O3/c1-3-23-17-8-7-12(9-16(17)22-11(2)18(23)24)19(25)26-10-13-14(20)5-4-6-15(13)21/h4-9H,3,10H2,1-2H3. The van der Waals surface area contributed by atoms with Crippen LogP contribution in [-0.4, -0.2) is 15.5 Å². The average molecular weight is 375 g/mol. The lowest BCUT2D eigenvalue weighted by Gasteiger charge is -2.11. The Hall–Kier alpha value is -2.73. The Morgan fingerprint density at radius 1 is 1.31 bits per heavy atom. The van der Waals surface area contributed by atoms with Gasteiger partial charge in [0, 0.05) is 12.1 Å². The smallest absolute Gasteiger partial charge is 0.338 e. The van der Waals surface area contributed by atoms with Gasteiger partial charge in [0.1, 0.15) is 18.1 Å². The molecule has 7 heteroatoms. The van der Waals surface area contributed by atoms with E-state index in [0.717, 1.165) is 0 Å². The second-order valence-electron chi connectivity index (χ2n) is 5.73. The first-order chi connectivity index (χ1) is 12.4. The van der Waals surface area contributed by atoms with Crippen LogP contribution >= 0.6 is 11.6 Å². The molecule has 0 aliphatic carbocycles. The van der Waals surface area contributed by atoms with Crippen LogP contribution < -0.4 is 5.56 Å². The van der Waals surface area contributed by atoms with Gasteiger partial charge in [0.25, 0.3) is 5.56 Å². The molecule has 5 nitrogen and oxygen atoms in total. The number of ether oxygens (including phenoxy) is 1. The first-order valence-corrected chi connectivity index (χ1v) is 8.41. The molecule has 0 amide bonds. The molecule has 0 aliphatic heterocycles. The third-order valence-electron chi connectivity index (χ3n) is 4.07. The molecule has 0 bridgehead atoms. The lowest BCUT2D eigenvalue weighted by Crippen LogP contribution is -2.23. The largest absolute Gasteiger partial charge is 0.457 e. The quantitative estimate of drug-likeness (QED) is 0.650. The van der Waals surface area contributed by atoms with Gasteiger partial charge < -0.3 is 9.30 Å².